The van der Waals surface area contributed by atoms with Crippen molar-refractivity contribution in [2.45, 2.75) is 0 Å². The highest BCUT2D eigenvalue weighted by molar-refractivity contribution is 6.42. The predicted molar refractivity (Wildman–Crippen MR) is 74.8 cm³/mol. The molecule has 2 N–H and O–H groups in total. The molecule has 0 saturated heterocycles. The first-order chi connectivity index (χ1) is 8.54. The van der Waals surface area contributed by atoms with Crippen LogP contribution in [-0.2, 0) is 9.53 Å². The van der Waals surface area contributed by atoms with Crippen molar-refractivity contribution in [3.63, 3.8) is 0 Å². The van der Waals surface area contributed by atoms with Gasteiger partial charge in [-0.25, -0.2) is 0 Å². The molecule has 7 heteroatoms. The van der Waals surface area contributed by atoms with Crippen LogP contribution in [0.4, 0.5) is 5.69 Å². The Labute approximate surface area is 121 Å². The smallest absolute Gasteiger partial charge is 0.238 e. The van der Waals surface area contributed by atoms with Crippen molar-refractivity contribution in [2.75, 3.05) is 32.1 Å². The number of nitrogens with one attached hydrogen (secondary N) is 2. The Bertz CT molecular complexity index is 404. The van der Waals surface area contributed by atoms with Crippen LogP contribution >= 0.6 is 34.8 Å². The Morgan fingerprint density at radius 3 is 2.44 bits per heavy atom. The lowest BCUT2D eigenvalue weighted by molar-refractivity contribution is -0.115. The number of hydrogen-bond acceptors (Lipinski definition) is 3. The molecule has 1 rings (SSSR count). The lowest BCUT2D eigenvalue weighted by Crippen LogP contribution is -2.30. The quantitative estimate of drug-likeness (QED) is 0.794. The van der Waals surface area contributed by atoms with E-state index < -0.39 is 0 Å². The number of rotatable bonds is 6. The van der Waals surface area contributed by atoms with Crippen LogP contribution in [0.15, 0.2) is 12.1 Å². The SMILES string of the molecule is COCCNCC(=O)Nc1c(Cl)cc(Cl)cc1Cl. The predicted octanol–water partition coefficient (Wildman–Crippen LogP) is 2.82. The summed E-state index contributed by atoms with van der Waals surface area (Å²) in [6.45, 7) is 1.28. The van der Waals surface area contributed by atoms with E-state index in [2.05, 4.69) is 10.6 Å². The highest BCUT2D eigenvalue weighted by Crippen LogP contribution is 2.33. The summed E-state index contributed by atoms with van der Waals surface area (Å²) >= 11 is 17.6. The van der Waals surface area contributed by atoms with Crippen molar-refractivity contribution < 1.29 is 9.53 Å². The average Bonchev–Trinajstić information content (AvgIpc) is 2.29. The first-order valence-corrected chi connectivity index (χ1v) is 6.32. The molecule has 0 atom stereocenters. The summed E-state index contributed by atoms with van der Waals surface area (Å²) in [7, 11) is 1.59. The zero-order chi connectivity index (χ0) is 13.5. The van der Waals surface area contributed by atoms with Crippen LogP contribution < -0.4 is 10.6 Å². The molecule has 0 aromatic heterocycles. The fraction of sp³-hybridized carbons (Fsp3) is 0.364. The number of carbonyl (C=O) groups is 1. The van der Waals surface area contributed by atoms with E-state index in [-0.39, 0.29) is 12.5 Å². The van der Waals surface area contributed by atoms with Crippen LogP contribution in [-0.4, -0.2) is 32.7 Å². The van der Waals surface area contributed by atoms with Gasteiger partial charge >= 0.3 is 0 Å². The Balaban J connectivity index is 2.54. The number of halogens is 3. The second kappa shape index (κ2) is 7.81. The number of ether oxygens (including phenoxy) is 1. The van der Waals surface area contributed by atoms with Crippen LogP contribution in [0.5, 0.6) is 0 Å². The number of carbonyl (C=O) groups excluding carboxylic acids is 1. The number of anilines is 1. The Kier molecular flexibility index (Phi) is 6.75. The first-order valence-electron chi connectivity index (χ1n) is 5.18. The van der Waals surface area contributed by atoms with Crippen LogP contribution in [0.1, 0.15) is 0 Å². The summed E-state index contributed by atoms with van der Waals surface area (Å²) in [4.78, 5) is 11.6. The van der Waals surface area contributed by atoms with Crippen molar-refractivity contribution >= 4 is 46.4 Å². The summed E-state index contributed by atoms with van der Waals surface area (Å²) in [6.07, 6.45) is 0. The monoisotopic (exact) mass is 310 g/mol. The maximum Gasteiger partial charge on any atom is 0.238 e. The van der Waals surface area contributed by atoms with E-state index in [1.807, 2.05) is 0 Å². The van der Waals surface area contributed by atoms with Gasteiger partial charge in [0.05, 0.1) is 28.9 Å². The number of methoxy groups -OCH3 is 1. The van der Waals surface area contributed by atoms with E-state index in [4.69, 9.17) is 39.5 Å². The van der Waals surface area contributed by atoms with Crippen molar-refractivity contribution in [3.8, 4) is 0 Å². The molecule has 0 heterocycles. The molecule has 1 aromatic carbocycles. The van der Waals surface area contributed by atoms with Crippen LogP contribution in [0.3, 0.4) is 0 Å². The van der Waals surface area contributed by atoms with Gasteiger partial charge in [0, 0.05) is 18.7 Å². The van der Waals surface area contributed by atoms with Gasteiger partial charge in [0.1, 0.15) is 0 Å². The highest BCUT2D eigenvalue weighted by Gasteiger charge is 2.10. The maximum absolute atomic E-state index is 11.6. The van der Waals surface area contributed by atoms with Gasteiger partial charge in [-0.3, -0.25) is 4.79 Å². The van der Waals surface area contributed by atoms with Crippen molar-refractivity contribution in [1.29, 1.82) is 0 Å². The first kappa shape index (κ1) is 15.5. The lowest BCUT2D eigenvalue weighted by atomic mass is 10.3. The molecule has 0 saturated carbocycles. The summed E-state index contributed by atoms with van der Waals surface area (Å²) in [5.74, 6) is -0.239. The van der Waals surface area contributed by atoms with E-state index in [0.717, 1.165) is 0 Å². The minimum absolute atomic E-state index is 0.151. The summed E-state index contributed by atoms with van der Waals surface area (Å²) in [6, 6.07) is 3.03. The fourth-order valence-corrected chi connectivity index (χ4v) is 2.13. The van der Waals surface area contributed by atoms with Gasteiger partial charge in [0.2, 0.25) is 5.91 Å². The maximum atomic E-state index is 11.6. The van der Waals surface area contributed by atoms with Gasteiger partial charge in [-0.1, -0.05) is 34.8 Å². The average molecular weight is 312 g/mol. The molecule has 0 bridgehead atoms. The molecule has 1 amide bonds. The van der Waals surface area contributed by atoms with Gasteiger partial charge < -0.3 is 15.4 Å². The second-order valence-electron chi connectivity index (χ2n) is 3.46. The fourth-order valence-electron chi connectivity index (χ4n) is 1.22. The lowest BCUT2D eigenvalue weighted by Gasteiger charge is -2.10. The number of benzene rings is 1. The molecule has 0 aliphatic rings. The molecule has 18 heavy (non-hydrogen) atoms. The van der Waals surface area contributed by atoms with Gasteiger partial charge in [0.25, 0.3) is 0 Å². The van der Waals surface area contributed by atoms with Gasteiger partial charge in [-0.15, -0.1) is 0 Å². The second-order valence-corrected chi connectivity index (χ2v) is 4.71. The van der Waals surface area contributed by atoms with Gasteiger partial charge in [-0.05, 0) is 12.1 Å². The molecule has 1 aromatic rings. The third-order valence-electron chi connectivity index (χ3n) is 2.04. The van der Waals surface area contributed by atoms with E-state index >= 15 is 0 Å². The standard InChI is InChI=1S/C11H13Cl3N2O2/c1-18-3-2-15-6-10(17)16-11-8(13)4-7(12)5-9(11)14/h4-5,15H,2-3,6H2,1H3,(H,16,17). The summed E-state index contributed by atoms with van der Waals surface area (Å²) < 4.78 is 4.84. The third-order valence-corrected chi connectivity index (χ3v) is 2.85. The van der Waals surface area contributed by atoms with Crippen LogP contribution in [0, 0.1) is 0 Å². The summed E-state index contributed by atoms with van der Waals surface area (Å²) in [5, 5.41) is 6.55. The Morgan fingerprint density at radius 1 is 1.28 bits per heavy atom. The molecule has 100 valence electrons. The van der Waals surface area contributed by atoms with Crippen LogP contribution in [0.2, 0.25) is 15.1 Å². The molecule has 0 aliphatic heterocycles. The van der Waals surface area contributed by atoms with Crippen molar-refractivity contribution in [2.24, 2.45) is 0 Å². The van der Waals surface area contributed by atoms with Crippen LogP contribution in [0.25, 0.3) is 0 Å². The van der Waals surface area contributed by atoms with Crippen molar-refractivity contribution in [1.82, 2.24) is 5.32 Å². The van der Waals surface area contributed by atoms with Gasteiger partial charge in [-0.2, -0.15) is 0 Å². The molecule has 4 nitrogen and oxygen atoms in total. The molecule has 0 unspecified atom stereocenters. The largest absolute Gasteiger partial charge is 0.383 e. The zero-order valence-corrected chi connectivity index (χ0v) is 12.0. The minimum atomic E-state index is -0.239. The highest BCUT2D eigenvalue weighted by atomic mass is 35.5. The number of hydrogen-bond donors (Lipinski definition) is 2. The van der Waals surface area contributed by atoms with Crippen molar-refractivity contribution in [3.05, 3.63) is 27.2 Å². The Morgan fingerprint density at radius 2 is 1.89 bits per heavy atom. The molecular formula is C11H13Cl3N2O2. The van der Waals surface area contributed by atoms with E-state index in [1.54, 1.807) is 7.11 Å². The third kappa shape index (κ3) is 5.00. The molecule has 0 fully saturated rings. The normalized spacial score (nSPS) is 10.4. The molecule has 0 aliphatic carbocycles. The van der Waals surface area contributed by atoms with Gasteiger partial charge in [0.15, 0.2) is 0 Å². The minimum Gasteiger partial charge on any atom is -0.383 e. The summed E-state index contributed by atoms with van der Waals surface area (Å²) in [5.41, 5.74) is 0.362. The molecule has 0 spiro atoms. The molecule has 0 radical (unpaired) electrons. The van der Waals surface area contributed by atoms with E-state index in [0.29, 0.717) is 33.9 Å². The van der Waals surface area contributed by atoms with E-state index in [1.165, 1.54) is 12.1 Å². The zero-order valence-electron chi connectivity index (χ0n) is 9.73. The number of amides is 1. The van der Waals surface area contributed by atoms with E-state index in [9.17, 15) is 4.79 Å². The Hall–Kier alpha value is -0.520. The molecular weight excluding hydrogens is 298 g/mol. The topological polar surface area (TPSA) is 50.4 Å².